The molecule has 0 saturated carbocycles. The molecule has 1 aliphatic rings. The van der Waals surface area contributed by atoms with Gasteiger partial charge in [0.1, 0.15) is 5.82 Å². The van der Waals surface area contributed by atoms with E-state index in [-0.39, 0.29) is 17.6 Å². The van der Waals surface area contributed by atoms with Gasteiger partial charge in [0, 0.05) is 13.0 Å². The number of hydrogen-bond acceptors (Lipinski definition) is 2. The lowest BCUT2D eigenvalue weighted by atomic mass is 10.1. The third kappa shape index (κ3) is 1.85. The Morgan fingerprint density at radius 2 is 2.20 bits per heavy atom. The second kappa shape index (κ2) is 3.98. The maximum atomic E-state index is 13.4. The minimum Gasteiger partial charge on any atom is -0.330 e. The van der Waals surface area contributed by atoms with Crippen LogP contribution in [0.5, 0.6) is 0 Å². The van der Waals surface area contributed by atoms with Gasteiger partial charge in [-0.3, -0.25) is 4.79 Å². The fourth-order valence-corrected chi connectivity index (χ4v) is 1.84. The molecule has 1 saturated heterocycles. The van der Waals surface area contributed by atoms with Gasteiger partial charge in [-0.15, -0.1) is 0 Å². The summed E-state index contributed by atoms with van der Waals surface area (Å²) in [5, 5.41) is 0. The third-order valence-electron chi connectivity index (χ3n) is 2.68. The number of anilines is 1. The van der Waals surface area contributed by atoms with Crippen LogP contribution in [0, 0.1) is 11.7 Å². The number of halogens is 1. The first kappa shape index (κ1) is 10.1. The summed E-state index contributed by atoms with van der Waals surface area (Å²) < 4.78 is 13.4. The van der Waals surface area contributed by atoms with E-state index in [0.717, 1.165) is 0 Å². The molecule has 4 heteroatoms. The van der Waals surface area contributed by atoms with Crippen LogP contribution in [0.1, 0.15) is 6.42 Å². The smallest absolute Gasteiger partial charge is 0.227 e. The normalized spacial score (nSPS) is 21.1. The Morgan fingerprint density at radius 1 is 1.47 bits per heavy atom. The summed E-state index contributed by atoms with van der Waals surface area (Å²) in [6.45, 7) is 0.993. The van der Waals surface area contributed by atoms with E-state index in [2.05, 4.69) is 0 Å². The van der Waals surface area contributed by atoms with E-state index in [1.807, 2.05) is 0 Å². The Morgan fingerprint density at radius 3 is 2.80 bits per heavy atom. The van der Waals surface area contributed by atoms with Gasteiger partial charge in [-0.05, 0) is 24.6 Å². The number of benzene rings is 1. The van der Waals surface area contributed by atoms with Gasteiger partial charge in [0.25, 0.3) is 0 Å². The van der Waals surface area contributed by atoms with E-state index < -0.39 is 0 Å². The van der Waals surface area contributed by atoms with Gasteiger partial charge >= 0.3 is 0 Å². The summed E-state index contributed by atoms with van der Waals surface area (Å²) >= 11 is 0. The Bertz CT molecular complexity index is 381. The van der Waals surface area contributed by atoms with Gasteiger partial charge in [0.15, 0.2) is 0 Å². The van der Waals surface area contributed by atoms with Crippen LogP contribution < -0.4 is 10.6 Å². The van der Waals surface area contributed by atoms with Crippen LogP contribution in [-0.2, 0) is 4.79 Å². The molecule has 0 aliphatic carbocycles. The molecule has 1 unspecified atom stereocenters. The molecule has 1 fully saturated rings. The lowest BCUT2D eigenvalue weighted by molar-refractivity contribution is -0.117. The molecule has 1 amide bonds. The molecule has 1 aromatic rings. The number of nitrogens with two attached hydrogens (primary N) is 1. The molecule has 1 aliphatic heterocycles. The predicted octanol–water partition coefficient (Wildman–Crippen LogP) is 1.14. The van der Waals surface area contributed by atoms with E-state index in [1.165, 1.54) is 11.0 Å². The summed E-state index contributed by atoms with van der Waals surface area (Å²) in [7, 11) is 0. The molecular formula is C11H13FN2O. The molecular weight excluding hydrogens is 195 g/mol. The summed E-state index contributed by atoms with van der Waals surface area (Å²) in [6, 6.07) is 6.31. The molecule has 15 heavy (non-hydrogen) atoms. The van der Waals surface area contributed by atoms with Crippen molar-refractivity contribution < 1.29 is 9.18 Å². The van der Waals surface area contributed by atoms with Crippen LogP contribution in [0.2, 0.25) is 0 Å². The van der Waals surface area contributed by atoms with Crippen molar-refractivity contribution in [2.75, 3.05) is 18.0 Å². The first-order valence-electron chi connectivity index (χ1n) is 4.97. The molecule has 0 aromatic heterocycles. The number of amides is 1. The van der Waals surface area contributed by atoms with Gasteiger partial charge in [-0.2, -0.15) is 0 Å². The van der Waals surface area contributed by atoms with Crippen LogP contribution in [0.4, 0.5) is 10.1 Å². The molecule has 0 spiro atoms. The van der Waals surface area contributed by atoms with Crippen LogP contribution in [0.25, 0.3) is 0 Å². The minimum atomic E-state index is -0.358. The van der Waals surface area contributed by atoms with Crippen molar-refractivity contribution in [2.24, 2.45) is 11.7 Å². The lowest BCUT2D eigenvalue weighted by Crippen LogP contribution is -2.26. The maximum absolute atomic E-state index is 13.4. The highest BCUT2D eigenvalue weighted by Gasteiger charge is 2.30. The van der Waals surface area contributed by atoms with Crippen molar-refractivity contribution in [1.29, 1.82) is 0 Å². The summed E-state index contributed by atoms with van der Waals surface area (Å²) in [5.41, 5.74) is 5.86. The second-order valence-corrected chi connectivity index (χ2v) is 3.76. The molecule has 1 atom stereocenters. The van der Waals surface area contributed by atoms with Gasteiger partial charge in [-0.1, -0.05) is 12.1 Å². The van der Waals surface area contributed by atoms with Crippen molar-refractivity contribution in [3.05, 3.63) is 30.1 Å². The minimum absolute atomic E-state index is 0.0458. The number of hydrogen-bond donors (Lipinski definition) is 1. The van der Waals surface area contributed by atoms with Gasteiger partial charge in [0.05, 0.1) is 5.69 Å². The molecule has 2 rings (SSSR count). The first-order chi connectivity index (χ1) is 7.22. The number of para-hydroxylation sites is 1. The van der Waals surface area contributed by atoms with Crippen molar-refractivity contribution in [1.82, 2.24) is 0 Å². The molecule has 1 heterocycles. The van der Waals surface area contributed by atoms with Crippen LogP contribution >= 0.6 is 0 Å². The third-order valence-corrected chi connectivity index (χ3v) is 2.68. The summed E-state index contributed by atoms with van der Waals surface area (Å²) in [5.74, 6) is -0.254. The zero-order valence-corrected chi connectivity index (χ0v) is 8.32. The average Bonchev–Trinajstić information content (AvgIpc) is 2.60. The van der Waals surface area contributed by atoms with Gasteiger partial charge < -0.3 is 10.6 Å². The van der Waals surface area contributed by atoms with Gasteiger partial charge in [-0.25, -0.2) is 4.39 Å². The summed E-state index contributed by atoms with van der Waals surface area (Å²) in [6.07, 6.45) is 0.421. The van der Waals surface area contributed by atoms with E-state index in [1.54, 1.807) is 18.2 Å². The number of nitrogens with zero attached hydrogens (tertiary/aromatic N) is 1. The molecule has 80 valence electrons. The first-order valence-corrected chi connectivity index (χ1v) is 4.97. The Hall–Kier alpha value is -1.42. The van der Waals surface area contributed by atoms with Crippen LogP contribution in [-0.4, -0.2) is 19.0 Å². The molecule has 0 radical (unpaired) electrons. The highest BCUT2D eigenvalue weighted by Crippen LogP contribution is 2.26. The number of carbonyl (C=O) groups is 1. The quantitative estimate of drug-likeness (QED) is 0.792. The largest absolute Gasteiger partial charge is 0.330 e. The standard InChI is InChI=1S/C11H13FN2O/c12-9-3-1-2-4-10(9)14-7-8(6-13)5-11(14)15/h1-4,8H,5-7,13H2. The zero-order valence-electron chi connectivity index (χ0n) is 8.32. The zero-order chi connectivity index (χ0) is 10.8. The van der Waals surface area contributed by atoms with Crippen molar-refractivity contribution in [2.45, 2.75) is 6.42 Å². The van der Waals surface area contributed by atoms with E-state index >= 15 is 0 Å². The highest BCUT2D eigenvalue weighted by molar-refractivity contribution is 5.95. The molecule has 2 N–H and O–H groups in total. The SMILES string of the molecule is NCC1CC(=O)N(c2ccccc2F)C1. The van der Waals surface area contributed by atoms with Crippen LogP contribution in [0.15, 0.2) is 24.3 Å². The molecule has 1 aromatic carbocycles. The number of carbonyl (C=O) groups excluding carboxylic acids is 1. The van der Waals surface area contributed by atoms with E-state index in [9.17, 15) is 9.18 Å². The van der Waals surface area contributed by atoms with E-state index in [4.69, 9.17) is 5.73 Å². The van der Waals surface area contributed by atoms with Crippen molar-refractivity contribution >= 4 is 11.6 Å². The van der Waals surface area contributed by atoms with E-state index in [0.29, 0.717) is 25.2 Å². The Kier molecular flexibility index (Phi) is 2.68. The van der Waals surface area contributed by atoms with Crippen LogP contribution in [0.3, 0.4) is 0 Å². The maximum Gasteiger partial charge on any atom is 0.227 e. The second-order valence-electron chi connectivity index (χ2n) is 3.76. The summed E-state index contributed by atoms with van der Waals surface area (Å²) in [4.78, 5) is 13.1. The highest BCUT2D eigenvalue weighted by atomic mass is 19.1. The Labute approximate surface area is 87.7 Å². The lowest BCUT2D eigenvalue weighted by Gasteiger charge is -2.16. The predicted molar refractivity (Wildman–Crippen MR) is 55.9 cm³/mol. The van der Waals surface area contributed by atoms with Gasteiger partial charge in [0.2, 0.25) is 5.91 Å². The van der Waals surface area contributed by atoms with Crippen molar-refractivity contribution in [3.8, 4) is 0 Å². The number of rotatable bonds is 2. The monoisotopic (exact) mass is 208 g/mol. The fraction of sp³-hybridized carbons (Fsp3) is 0.364. The van der Waals surface area contributed by atoms with Crippen molar-refractivity contribution in [3.63, 3.8) is 0 Å². The fourth-order valence-electron chi connectivity index (χ4n) is 1.84. The Balaban J connectivity index is 2.25. The topological polar surface area (TPSA) is 46.3 Å². The average molecular weight is 208 g/mol. The molecule has 0 bridgehead atoms. The molecule has 3 nitrogen and oxygen atoms in total.